The Hall–Kier alpha value is -2.65. The molecule has 1 aliphatic rings. The number of halogens is 4. The molecule has 3 heterocycles. The summed E-state index contributed by atoms with van der Waals surface area (Å²) in [5.41, 5.74) is -1.01. The van der Waals surface area contributed by atoms with Crippen molar-refractivity contribution in [1.82, 2.24) is 9.97 Å². The molecule has 5 nitrogen and oxygen atoms in total. The summed E-state index contributed by atoms with van der Waals surface area (Å²) in [6.45, 7) is 1.94. The number of ether oxygens (including phenoxy) is 1. The Balaban J connectivity index is 1.60. The van der Waals surface area contributed by atoms with Gasteiger partial charge in [-0.1, -0.05) is 17.7 Å². The molecule has 0 atom stereocenters. The fourth-order valence-electron chi connectivity index (χ4n) is 3.63. The number of pyridine rings is 2. The molecular formula is C23H22ClF3N4OS. The second-order valence-corrected chi connectivity index (χ2v) is 8.76. The number of hydrogen-bond acceptors (Lipinski definition) is 6. The lowest BCUT2D eigenvalue weighted by molar-refractivity contribution is -0.137. The van der Waals surface area contributed by atoms with Crippen molar-refractivity contribution in [3.63, 3.8) is 0 Å². The van der Waals surface area contributed by atoms with Gasteiger partial charge in [0.2, 0.25) is 0 Å². The van der Waals surface area contributed by atoms with E-state index in [1.54, 1.807) is 6.07 Å². The predicted octanol–water partition coefficient (Wildman–Crippen LogP) is 6.93. The van der Waals surface area contributed by atoms with E-state index in [0.717, 1.165) is 37.8 Å². The average Bonchev–Trinajstić information content (AvgIpc) is 2.83. The normalized spacial score (nSPS) is 14.3. The maximum atomic E-state index is 13.7. The van der Waals surface area contributed by atoms with Crippen LogP contribution in [0.15, 0.2) is 53.6 Å². The van der Waals surface area contributed by atoms with Gasteiger partial charge in [0.25, 0.3) is 0 Å². The molecule has 10 heteroatoms. The van der Waals surface area contributed by atoms with Crippen LogP contribution in [0.25, 0.3) is 11.3 Å². The van der Waals surface area contributed by atoms with Gasteiger partial charge in [-0.05, 0) is 61.7 Å². The van der Waals surface area contributed by atoms with Crippen molar-refractivity contribution in [2.45, 2.75) is 30.5 Å². The lowest BCUT2D eigenvalue weighted by Crippen LogP contribution is -2.30. The van der Waals surface area contributed by atoms with Crippen LogP contribution in [-0.2, 0) is 6.18 Å². The number of benzene rings is 1. The third-order valence-electron chi connectivity index (χ3n) is 5.28. The number of nitrogens with zero attached hydrogens (tertiary/aromatic N) is 3. The molecule has 0 aliphatic carbocycles. The van der Waals surface area contributed by atoms with E-state index < -0.39 is 11.7 Å². The SMILES string of the molecule is COc1ccc(Cl)c(-c2nc(NSc3cccc(N4CCCCC4)n3)ccc2C(F)(F)F)c1. The molecule has 1 saturated heterocycles. The molecule has 0 unspecified atom stereocenters. The van der Waals surface area contributed by atoms with E-state index in [0.29, 0.717) is 10.8 Å². The molecule has 0 spiro atoms. The largest absolute Gasteiger partial charge is 0.497 e. The summed E-state index contributed by atoms with van der Waals surface area (Å²) in [6, 6.07) is 12.5. The first kappa shape index (κ1) is 23.5. The molecule has 1 aromatic carbocycles. The molecule has 0 bridgehead atoms. The van der Waals surface area contributed by atoms with Crippen molar-refractivity contribution in [2.24, 2.45) is 0 Å². The minimum atomic E-state index is -4.59. The van der Waals surface area contributed by atoms with Gasteiger partial charge < -0.3 is 14.4 Å². The number of piperidine rings is 1. The van der Waals surface area contributed by atoms with Crippen LogP contribution in [-0.4, -0.2) is 30.2 Å². The minimum absolute atomic E-state index is 0.141. The second kappa shape index (κ2) is 10.1. The summed E-state index contributed by atoms with van der Waals surface area (Å²) in [5.74, 6) is 1.54. The Labute approximate surface area is 199 Å². The quantitative estimate of drug-likeness (QED) is 0.375. The molecule has 0 saturated carbocycles. The molecule has 174 valence electrons. The highest BCUT2D eigenvalue weighted by molar-refractivity contribution is 8.00. The molecule has 1 N–H and O–H groups in total. The van der Waals surface area contributed by atoms with Gasteiger partial charge >= 0.3 is 6.18 Å². The number of aromatic nitrogens is 2. The van der Waals surface area contributed by atoms with Gasteiger partial charge in [0.15, 0.2) is 0 Å². The maximum absolute atomic E-state index is 13.7. The van der Waals surface area contributed by atoms with Crippen LogP contribution in [0.1, 0.15) is 24.8 Å². The highest BCUT2D eigenvalue weighted by atomic mass is 35.5. The summed E-state index contributed by atoms with van der Waals surface area (Å²) in [5, 5.41) is 0.843. The van der Waals surface area contributed by atoms with E-state index in [4.69, 9.17) is 16.3 Å². The van der Waals surface area contributed by atoms with Crippen molar-refractivity contribution >= 4 is 35.2 Å². The van der Waals surface area contributed by atoms with E-state index in [1.165, 1.54) is 43.7 Å². The molecule has 1 aliphatic heterocycles. The Bertz CT molecular complexity index is 1120. The zero-order valence-corrected chi connectivity index (χ0v) is 19.4. The van der Waals surface area contributed by atoms with Gasteiger partial charge in [-0.2, -0.15) is 13.2 Å². The van der Waals surface area contributed by atoms with Crippen LogP contribution in [0.5, 0.6) is 5.75 Å². The number of anilines is 2. The van der Waals surface area contributed by atoms with Gasteiger partial charge in [-0.25, -0.2) is 9.97 Å². The highest BCUT2D eigenvalue weighted by Crippen LogP contribution is 2.40. The highest BCUT2D eigenvalue weighted by Gasteiger charge is 2.35. The third-order valence-corrected chi connectivity index (χ3v) is 6.36. The lowest BCUT2D eigenvalue weighted by Gasteiger charge is -2.27. The standard InChI is InChI=1S/C23H22ClF3N4OS/c1-32-15-8-10-18(24)16(14-15)22-17(23(25,26)27)9-11-19(28-22)30-33-21-7-5-6-20(29-21)31-12-3-2-4-13-31/h5-11,14H,2-4,12-13H2,1H3,(H,28,30). The first-order valence-corrected chi connectivity index (χ1v) is 11.6. The van der Waals surface area contributed by atoms with E-state index in [-0.39, 0.29) is 22.1 Å². The third kappa shape index (κ3) is 5.65. The Morgan fingerprint density at radius 2 is 1.82 bits per heavy atom. The molecule has 1 fully saturated rings. The molecule has 33 heavy (non-hydrogen) atoms. The number of nitrogens with one attached hydrogen (secondary N) is 1. The number of hydrogen-bond donors (Lipinski definition) is 1. The van der Waals surface area contributed by atoms with Gasteiger partial charge in [0.05, 0.1) is 23.4 Å². The summed E-state index contributed by atoms with van der Waals surface area (Å²) >= 11 is 7.41. The number of methoxy groups -OCH3 is 1. The lowest BCUT2D eigenvalue weighted by atomic mass is 10.0. The van der Waals surface area contributed by atoms with Crippen molar-refractivity contribution in [3.8, 4) is 17.0 Å². The molecule has 2 aromatic heterocycles. The first-order chi connectivity index (χ1) is 15.8. The maximum Gasteiger partial charge on any atom is 0.418 e. The fraction of sp³-hybridized carbons (Fsp3) is 0.304. The van der Waals surface area contributed by atoms with Crippen molar-refractivity contribution < 1.29 is 17.9 Å². The van der Waals surface area contributed by atoms with Crippen LogP contribution in [0.4, 0.5) is 24.8 Å². The molecule has 4 rings (SSSR count). The Morgan fingerprint density at radius 3 is 2.55 bits per heavy atom. The topological polar surface area (TPSA) is 50.3 Å². The Kier molecular flexibility index (Phi) is 7.19. The van der Waals surface area contributed by atoms with Crippen LogP contribution in [0, 0.1) is 0 Å². The summed E-state index contributed by atoms with van der Waals surface area (Å²) in [7, 11) is 1.44. The predicted molar refractivity (Wildman–Crippen MR) is 126 cm³/mol. The summed E-state index contributed by atoms with van der Waals surface area (Å²) in [6.07, 6.45) is -1.08. The number of alkyl halides is 3. The van der Waals surface area contributed by atoms with E-state index in [9.17, 15) is 13.2 Å². The van der Waals surface area contributed by atoms with Crippen LogP contribution < -0.4 is 14.4 Å². The number of rotatable bonds is 6. The van der Waals surface area contributed by atoms with Gasteiger partial charge in [0.1, 0.15) is 22.4 Å². The van der Waals surface area contributed by atoms with Crippen molar-refractivity contribution in [1.29, 1.82) is 0 Å². The van der Waals surface area contributed by atoms with E-state index in [2.05, 4.69) is 19.6 Å². The van der Waals surface area contributed by atoms with Crippen LogP contribution >= 0.6 is 23.5 Å². The van der Waals surface area contributed by atoms with Crippen LogP contribution in [0.3, 0.4) is 0 Å². The average molecular weight is 495 g/mol. The fourth-order valence-corrected chi connectivity index (χ4v) is 4.44. The molecular weight excluding hydrogens is 473 g/mol. The summed E-state index contributed by atoms with van der Waals surface area (Å²) < 4.78 is 49.3. The van der Waals surface area contributed by atoms with Crippen molar-refractivity contribution in [3.05, 3.63) is 59.1 Å². The van der Waals surface area contributed by atoms with E-state index in [1.807, 2.05) is 18.2 Å². The van der Waals surface area contributed by atoms with E-state index >= 15 is 0 Å². The zero-order chi connectivity index (χ0) is 23.4. The van der Waals surface area contributed by atoms with Crippen LogP contribution in [0.2, 0.25) is 5.02 Å². The molecule has 0 amide bonds. The van der Waals surface area contributed by atoms with Gasteiger partial charge in [-0.3, -0.25) is 0 Å². The van der Waals surface area contributed by atoms with Gasteiger partial charge in [-0.15, -0.1) is 0 Å². The van der Waals surface area contributed by atoms with Crippen molar-refractivity contribution in [2.75, 3.05) is 29.8 Å². The zero-order valence-electron chi connectivity index (χ0n) is 17.8. The first-order valence-electron chi connectivity index (χ1n) is 10.4. The smallest absolute Gasteiger partial charge is 0.418 e. The summed E-state index contributed by atoms with van der Waals surface area (Å²) in [4.78, 5) is 11.2. The second-order valence-electron chi connectivity index (χ2n) is 7.52. The monoisotopic (exact) mass is 494 g/mol. The minimum Gasteiger partial charge on any atom is -0.497 e. The molecule has 0 radical (unpaired) electrons. The Morgan fingerprint density at radius 1 is 1.03 bits per heavy atom. The van der Waals surface area contributed by atoms with Gasteiger partial charge in [0, 0.05) is 30.6 Å². The molecule has 3 aromatic rings.